The van der Waals surface area contributed by atoms with Gasteiger partial charge in [0.2, 0.25) is 0 Å². The summed E-state index contributed by atoms with van der Waals surface area (Å²) in [6.07, 6.45) is 5.28. The molecule has 1 aromatic heterocycles. The second-order valence-electron chi connectivity index (χ2n) is 4.31. The van der Waals surface area contributed by atoms with Crippen LogP contribution >= 0.6 is 0 Å². The molecule has 0 atom stereocenters. The van der Waals surface area contributed by atoms with Gasteiger partial charge in [0, 0.05) is 13.2 Å². The number of nitrogens with zero attached hydrogens (tertiary/aromatic N) is 3. The number of hydrogen-bond acceptors (Lipinski definition) is 3. The summed E-state index contributed by atoms with van der Waals surface area (Å²) in [6.45, 7) is 0.825. The van der Waals surface area contributed by atoms with Gasteiger partial charge in [-0.05, 0) is 25.3 Å². The molecule has 0 saturated heterocycles. The van der Waals surface area contributed by atoms with Crippen molar-refractivity contribution in [2.75, 3.05) is 11.9 Å². The third-order valence-electron chi connectivity index (χ3n) is 3.71. The van der Waals surface area contributed by atoms with E-state index in [4.69, 9.17) is 0 Å². The Morgan fingerprint density at radius 3 is 2.86 bits per heavy atom. The van der Waals surface area contributed by atoms with Crippen LogP contribution in [0.4, 0.5) is 5.82 Å². The molecular formula is C10H13N3O. The lowest BCUT2D eigenvalue weighted by Gasteiger charge is -2.44. The molecule has 1 aromatic rings. The molecule has 1 aliphatic carbocycles. The third-order valence-corrected chi connectivity index (χ3v) is 3.71. The van der Waals surface area contributed by atoms with E-state index < -0.39 is 0 Å². The summed E-state index contributed by atoms with van der Waals surface area (Å²) in [7, 11) is 2.08. The van der Waals surface area contributed by atoms with Crippen molar-refractivity contribution in [3.63, 3.8) is 0 Å². The van der Waals surface area contributed by atoms with Crippen molar-refractivity contribution >= 4 is 5.82 Å². The van der Waals surface area contributed by atoms with E-state index in [1.165, 1.54) is 19.3 Å². The molecule has 0 amide bonds. The second kappa shape index (κ2) is 2.38. The molecule has 4 nitrogen and oxygen atoms in total. The highest BCUT2D eigenvalue weighted by atomic mass is 16.1. The minimum atomic E-state index is -0.113. The first-order chi connectivity index (χ1) is 6.73. The van der Waals surface area contributed by atoms with Crippen LogP contribution in [-0.2, 0) is 6.54 Å². The van der Waals surface area contributed by atoms with Crippen molar-refractivity contribution < 1.29 is 0 Å². The van der Waals surface area contributed by atoms with Gasteiger partial charge in [-0.25, -0.2) is 9.78 Å². The van der Waals surface area contributed by atoms with Gasteiger partial charge in [0.25, 0.3) is 0 Å². The van der Waals surface area contributed by atoms with Crippen LogP contribution in [0.5, 0.6) is 0 Å². The summed E-state index contributed by atoms with van der Waals surface area (Å²) < 4.78 is 1.79. The molecular weight excluding hydrogens is 178 g/mol. The number of likely N-dealkylation sites (N-methyl/N-ethyl adjacent to an activating group) is 1. The summed E-state index contributed by atoms with van der Waals surface area (Å²) in [6, 6.07) is 1.93. The molecule has 4 heteroatoms. The highest BCUT2D eigenvalue weighted by Crippen LogP contribution is 2.44. The number of anilines is 1. The number of aromatic nitrogens is 2. The van der Waals surface area contributed by atoms with Crippen LogP contribution in [0.2, 0.25) is 0 Å². The van der Waals surface area contributed by atoms with E-state index in [9.17, 15) is 4.79 Å². The zero-order chi connectivity index (χ0) is 9.76. The first kappa shape index (κ1) is 8.03. The maximum atomic E-state index is 11.5. The standard InChI is InChI=1S/C10H13N3O/c1-12-8-3-6-11-9(14)13(8)7-10(12)4-2-5-10/h3,6H,2,4-5,7H2,1H3. The van der Waals surface area contributed by atoms with Crippen LogP contribution in [0, 0.1) is 0 Å². The van der Waals surface area contributed by atoms with E-state index in [0.29, 0.717) is 0 Å². The molecule has 0 unspecified atom stereocenters. The van der Waals surface area contributed by atoms with Crippen molar-refractivity contribution in [2.24, 2.45) is 0 Å². The minimum absolute atomic E-state index is 0.113. The predicted octanol–water partition coefficient (Wildman–Crippen LogP) is 0.616. The highest BCUT2D eigenvalue weighted by Gasteiger charge is 2.46. The fourth-order valence-corrected chi connectivity index (χ4v) is 2.59. The van der Waals surface area contributed by atoms with E-state index in [1.54, 1.807) is 10.8 Å². The van der Waals surface area contributed by atoms with Gasteiger partial charge in [-0.2, -0.15) is 0 Å². The molecule has 74 valence electrons. The number of fused-ring (bicyclic) bond motifs is 1. The summed E-state index contributed by atoms with van der Waals surface area (Å²) in [4.78, 5) is 17.5. The number of hydrogen-bond donors (Lipinski definition) is 0. The largest absolute Gasteiger partial charge is 0.353 e. The first-order valence-electron chi connectivity index (χ1n) is 5.03. The minimum Gasteiger partial charge on any atom is -0.353 e. The van der Waals surface area contributed by atoms with Gasteiger partial charge in [0.15, 0.2) is 0 Å². The van der Waals surface area contributed by atoms with Gasteiger partial charge < -0.3 is 4.90 Å². The van der Waals surface area contributed by atoms with E-state index in [2.05, 4.69) is 16.9 Å². The Labute approximate surface area is 82.2 Å². The van der Waals surface area contributed by atoms with Crippen molar-refractivity contribution in [3.8, 4) is 0 Å². The van der Waals surface area contributed by atoms with E-state index in [-0.39, 0.29) is 11.2 Å². The van der Waals surface area contributed by atoms with Gasteiger partial charge in [-0.1, -0.05) is 0 Å². The Morgan fingerprint density at radius 2 is 2.29 bits per heavy atom. The van der Waals surface area contributed by atoms with Gasteiger partial charge in [0.05, 0.1) is 12.1 Å². The molecule has 14 heavy (non-hydrogen) atoms. The molecule has 2 aliphatic rings. The normalized spacial score (nSPS) is 22.2. The van der Waals surface area contributed by atoms with Crippen molar-refractivity contribution in [3.05, 3.63) is 22.7 Å². The summed E-state index contributed by atoms with van der Waals surface area (Å²) in [5.41, 5.74) is 0.118. The van der Waals surface area contributed by atoms with Crippen LogP contribution in [0.3, 0.4) is 0 Å². The molecule has 1 fully saturated rings. The monoisotopic (exact) mass is 191 g/mol. The smallest absolute Gasteiger partial charge is 0.349 e. The zero-order valence-corrected chi connectivity index (χ0v) is 8.23. The highest BCUT2D eigenvalue weighted by molar-refractivity contribution is 5.46. The first-order valence-corrected chi connectivity index (χ1v) is 5.03. The lowest BCUT2D eigenvalue weighted by molar-refractivity contribution is 0.231. The quantitative estimate of drug-likeness (QED) is 0.603. The van der Waals surface area contributed by atoms with Crippen LogP contribution in [0.1, 0.15) is 19.3 Å². The Morgan fingerprint density at radius 1 is 1.50 bits per heavy atom. The van der Waals surface area contributed by atoms with Crippen molar-refractivity contribution in [1.29, 1.82) is 0 Å². The Kier molecular flexibility index (Phi) is 1.36. The topological polar surface area (TPSA) is 38.1 Å². The summed E-state index contributed by atoms with van der Waals surface area (Å²) >= 11 is 0. The van der Waals surface area contributed by atoms with E-state index in [0.717, 1.165) is 12.4 Å². The Hall–Kier alpha value is -1.32. The van der Waals surface area contributed by atoms with Crippen molar-refractivity contribution in [2.45, 2.75) is 31.3 Å². The SMILES string of the molecule is CN1c2ccnc(=O)n2CC12CCC2. The average Bonchev–Trinajstić information content (AvgIpc) is 2.41. The van der Waals surface area contributed by atoms with Crippen LogP contribution in [-0.4, -0.2) is 22.1 Å². The molecule has 1 spiro atoms. The molecule has 1 saturated carbocycles. The lowest BCUT2D eigenvalue weighted by Crippen LogP contribution is -2.50. The molecule has 0 N–H and O–H groups in total. The Bertz CT molecular complexity index is 433. The predicted molar refractivity (Wildman–Crippen MR) is 53.5 cm³/mol. The van der Waals surface area contributed by atoms with Crippen LogP contribution in [0.25, 0.3) is 0 Å². The van der Waals surface area contributed by atoms with Gasteiger partial charge in [0.1, 0.15) is 5.82 Å². The zero-order valence-electron chi connectivity index (χ0n) is 8.23. The van der Waals surface area contributed by atoms with Gasteiger partial charge in [-0.3, -0.25) is 4.57 Å². The van der Waals surface area contributed by atoms with Crippen LogP contribution in [0.15, 0.2) is 17.1 Å². The van der Waals surface area contributed by atoms with Gasteiger partial charge >= 0.3 is 5.69 Å². The maximum Gasteiger partial charge on any atom is 0.349 e. The van der Waals surface area contributed by atoms with E-state index >= 15 is 0 Å². The Balaban J connectivity index is 2.15. The summed E-state index contributed by atoms with van der Waals surface area (Å²) in [5.74, 6) is 1.02. The van der Waals surface area contributed by atoms with Crippen molar-refractivity contribution in [1.82, 2.24) is 9.55 Å². The second-order valence-corrected chi connectivity index (χ2v) is 4.31. The molecule has 0 aromatic carbocycles. The number of rotatable bonds is 0. The van der Waals surface area contributed by atoms with E-state index in [1.807, 2.05) is 6.07 Å². The maximum absolute atomic E-state index is 11.5. The molecule has 0 radical (unpaired) electrons. The fraction of sp³-hybridized carbons (Fsp3) is 0.600. The third kappa shape index (κ3) is 0.786. The average molecular weight is 191 g/mol. The fourth-order valence-electron chi connectivity index (χ4n) is 2.59. The molecule has 2 heterocycles. The van der Waals surface area contributed by atoms with Crippen LogP contribution < -0.4 is 10.6 Å². The molecule has 1 aliphatic heterocycles. The molecule has 0 bridgehead atoms. The lowest BCUT2D eigenvalue weighted by atomic mass is 9.76. The molecule has 3 rings (SSSR count). The van der Waals surface area contributed by atoms with Gasteiger partial charge in [-0.15, -0.1) is 0 Å². The summed E-state index contributed by atoms with van der Waals surface area (Å²) in [5, 5.41) is 0.